The molecule has 2 unspecified atom stereocenters. The summed E-state index contributed by atoms with van der Waals surface area (Å²) in [5.74, 6) is -2.28. The first kappa shape index (κ1) is 22.7. The fourth-order valence-electron chi connectivity index (χ4n) is 5.24. The quantitative estimate of drug-likeness (QED) is 0.564. The highest BCUT2D eigenvalue weighted by atomic mass is 16.6. The average molecular weight is 471 g/mol. The molecule has 2 aliphatic rings. The van der Waals surface area contributed by atoms with Crippen molar-refractivity contribution >= 4 is 23.7 Å². The third kappa shape index (κ3) is 4.37. The maximum Gasteiger partial charge on any atom is 0.409 e. The number of benzene rings is 3. The smallest absolute Gasteiger partial charge is 0.409 e. The Morgan fingerprint density at radius 2 is 1.51 bits per heavy atom. The number of carboxylic acid groups (broad SMARTS) is 1. The van der Waals surface area contributed by atoms with Crippen LogP contribution in [0.5, 0.6) is 0 Å². The molecule has 0 aromatic heterocycles. The molecule has 7 heteroatoms. The van der Waals surface area contributed by atoms with Crippen LogP contribution in [-0.2, 0) is 14.3 Å². The van der Waals surface area contributed by atoms with Gasteiger partial charge in [0.1, 0.15) is 6.61 Å². The second-order valence-electron chi connectivity index (χ2n) is 9.06. The Hall–Kier alpha value is -4.13. The minimum atomic E-state index is -0.949. The molecule has 2 atom stereocenters. The zero-order valence-corrected chi connectivity index (χ0v) is 19.3. The lowest BCUT2D eigenvalue weighted by molar-refractivity contribution is -0.141. The number of hydrogen-bond donors (Lipinski definition) is 2. The Labute approximate surface area is 203 Å². The molecule has 3 aromatic rings. The van der Waals surface area contributed by atoms with Gasteiger partial charge in [0.15, 0.2) is 0 Å². The third-order valence-electron chi connectivity index (χ3n) is 6.89. The van der Waals surface area contributed by atoms with Gasteiger partial charge in [-0.15, -0.1) is 0 Å². The van der Waals surface area contributed by atoms with Crippen molar-refractivity contribution in [2.24, 2.45) is 5.92 Å². The molecule has 1 heterocycles. The van der Waals surface area contributed by atoms with Crippen LogP contribution in [0.2, 0.25) is 0 Å². The highest BCUT2D eigenvalue weighted by Crippen LogP contribution is 2.44. The number of ether oxygens (including phenoxy) is 1. The summed E-state index contributed by atoms with van der Waals surface area (Å²) in [4.78, 5) is 37.7. The van der Waals surface area contributed by atoms with E-state index in [-0.39, 0.29) is 37.4 Å². The largest absolute Gasteiger partial charge is 0.481 e. The first-order valence-electron chi connectivity index (χ1n) is 11.6. The number of amides is 2. The van der Waals surface area contributed by atoms with E-state index in [1.165, 1.54) is 11.8 Å². The molecule has 35 heavy (non-hydrogen) atoms. The summed E-state index contributed by atoms with van der Waals surface area (Å²) in [6.07, 6.45) is -0.504. The van der Waals surface area contributed by atoms with Gasteiger partial charge in [0, 0.05) is 37.5 Å². The third-order valence-corrected chi connectivity index (χ3v) is 6.89. The van der Waals surface area contributed by atoms with Gasteiger partial charge in [0.2, 0.25) is 5.91 Å². The maximum absolute atomic E-state index is 13.0. The van der Waals surface area contributed by atoms with Crippen molar-refractivity contribution < 1.29 is 24.2 Å². The maximum atomic E-state index is 13.0. The molecule has 3 aromatic carbocycles. The number of rotatable bonds is 5. The number of aliphatic carboxylic acids is 1. The van der Waals surface area contributed by atoms with Crippen LogP contribution >= 0.6 is 0 Å². The number of fused-ring (bicyclic) bond motifs is 3. The highest BCUT2D eigenvalue weighted by Gasteiger charge is 2.41. The normalized spacial score (nSPS) is 18.6. The fraction of sp³-hybridized carbons (Fsp3) is 0.250. The van der Waals surface area contributed by atoms with Gasteiger partial charge < -0.3 is 20.1 Å². The van der Waals surface area contributed by atoms with Gasteiger partial charge in [-0.1, -0.05) is 60.7 Å². The summed E-state index contributed by atoms with van der Waals surface area (Å²) < 4.78 is 5.75. The lowest BCUT2D eigenvalue weighted by Gasteiger charge is -2.19. The summed E-state index contributed by atoms with van der Waals surface area (Å²) in [5, 5.41) is 12.5. The van der Waals surface area contributed by atoms with Gasteiger partial charge in [-0.05, 0) is 39.9 Å². The average Bonchev–Trinajstić information content (AvgIpc) is 3.43. The number of likely N-dealkylation sites (tertiary alicyclic amines) is 1. The summed E-state index contributed by atoms with van der Waals surface area (Å²) in [6.45, 7) is 1.96. The van der Waals surface area contributed by atoms with Crippen LogP contribution < -0.4 is 5.32 Å². The number of nitrogens with zero attached hydrogens (tertiary/aromatic N) is 1. The van der Waals surface area contributed by atoms with Crippen molar-refractivity contribution in [1.82, 2.24) is 4.90 Å². The van der Waals surface area contributed by atoms with E-state index in [2.05, 4.69) is 29.6 Å². The van der Waals surface area contributed by atoms with Crippen LogP contribution in [0.4, 0.5) is 10.5 Å². The molecule has 2 N–H and O–H groups in total. The van der Waals surface area contributed by atoms with Crippen LogP contribution in [0.15, 0.2) is 72.8 Å². The molecule has 1 aliphatic heterocycles. The predicted octanol–water partition coefficient (Wildman–Crippen LogP) is 4.69. The van der Waals surface area contributed by atoms with Gasteiger partial charge >= 0.3 is 12.1 Å². The van der Waals surface area contributed by atoms with E-state index in [0.717, 1.165) is 27.8 Å². The van der Waals surface area contributed by atoms with Gasteiger partial charge in [-0.25, -0.2) is 4.79 Å². The van der Waals surface area contributed by atoms with Crippen molar-refractivity contribution in [2.75, 3.05) is 25.0 Å². The molecule has 1 aliphatic carbocycles. The molecule has 0 spiro atoms. The Kier molecular flexibility index (Phi) is 5.99. The minimum absolute atomic E-state index is 0.0543. The molecule has 0 radical (unpaired) electrons. The number of anilines is 1. The molecule has 2 amide bonds. The zero-order chi connectivity index (χ0) is 24.5. The Morgan fingerprint density at radius 3 is 2.09 bits per heavy atom. The molecule has 0 saturated carbocycles. The monoisotopic (exact) mass is 470 g/mol. The molecule has 178 valence electrons. The molecule has 7 nitrogen and oxygen atoms in total. The van der Waals surface area contributed by atoms with Crippen molar-refractivity contribution in [3.8, 4) is 11.1 Å². The van der Waals surface area contributed by atoms with Crippen LogP contribution in [0, 0.1) is 5.92 Å². The molecular weight excluding hydrogens is 444 g/mol. The first-order chi connectivity index (χ1) is 16.9. The summed E-state index contributed by atoms with van der Waals surface area (Å²) in [7, 11) is 0. The number of carbonyl (C=O) groups excluding carboxylic acids is 2. The van der Waals surface area contributed by atoms with Crippen molar-refractivity contribution in [2.45, 2.75) is 18.8 Å². The van der Waals surface area contributed by atoms with Gasteiger partial charge in [0.05, 0.1) is 5.92 Å². The Balaban J connectivity index is 1.29. The van der Waals surface area contributed by atoms with Gasteiger partial charge in [0.25, 0.3) is 0 Å². The van der Waals surface area contributed by atoms with Gasteiger partial charge in [-0.2, -0.15) is 0 Å². The van der Waals surface area contributed by atoms with Crippen LogP contribution in [-0.4, -0.2) is 47.7 Å². The van der Waals surface area contributed by atoms with E-state index in [9.17, 15) is 19.5 Å². The molecule has 5 rings (SSSR count). The Morgan fingerprint density at radius 1 is 0.914 bits per heavy atom. The molecule has 1 saturated heterocycles. The van der Waals surface area contributed by atoms with Crippen LogP contribution in [0.25, 0.3) is 11.1 Å². The van der Waals surface area contributed by atoms with E-state index >= 15 is 0 Å². The number of carbonyl (C=O) groups is 3. The fourth-order valence-corrected chi connectivity index (χ4v) is 5.24. The second-order valence-corrected chi connectivity index (χ2v) is 9.06. The minimum Gasteiger partial charge on any atom is -0.481 e. The summed E-state index contributed by atoms with van der Waals surface area (Å²) in [6, 6.07) is 23.3. The summed E-state index contributed by atoms with van der Waals surface area (Å²) in [5.41, 5.74) is 6.00. The lowest BCUT2D eigenvalue weighted by Crippen LogP contribution is -2.31. The van der Waals surface area contributed by atoms with Crippen molar-refractivity contribution in [3.63, 3.8) is 0 Å². The Bertz CT molecular complexity index is 1240. The number of carboxylic acids is 1. The zero-order valence-electron chi connectivity index (χ0n) is 19.3. The number of hydrogen-bond acceptors (Lipinski definition) is 4. The van der Waals surface area contributed by atoms with E-state index in [0.29, 0.717) is 5.69 Å². The standard InChI is InChI=1S/C28H26N2O5/c1-17(31)29-19-12-10-18(11-13-19)24-14-30(15-25(24)27(32)33)28(34)35-16-26-22-8-4-2-6-20(22)21-7-3-5-9-23(21)26/h2-13,24-26H,14-16H2,1H3,(H,29,31)(H,32,33). The summed E-state index contributed by atoms with van der Waals surface area (Å²) >= 11 is 0. The second kappa shape index (κ2) is 9.25. The van der Waals surface area contributed by atoms with Gasteiger partial charge in [-0.3, -0.25) is 9.59 Å². The van der Waals surface area contributed by atoms with E-state index in [1.807, 2.05) is 24.3 Å². The van der Waals surface area contributed by atoms with Crippen LogP contribution in [0.3, 0.4) is 0 Å². The van der Waals surface area contributed by atoms with E-state index in [4.69, 9.17) is 4.74 Å². The highest BCUT2D eigenvalue weighted by molar-refractivity contribution is 5.88. The first-order valence-corrected chi connectivity index (χ1v) is 11.6. The van der Waals surface area contributed by atoms with E-state index in [1.54, 1.807) is 24.3 Å². The lowest BCUT2D eigenvalue weighted by atomic mass is 9.89. The number of nitrogens with one attached hydrogen (secondary N) is 1. The van der Waals surface area contributed by atoms with Crippen LogP contribution in [0.1, 0.15) is 35.4 Å². The molecular formula is C28H26N2O5. The topological polar surface area (TPSA) is 95.9 Å². The van der Waals surface area contributed by atoms with E-state index < -0.39 is 18.0 Å². The van der Waals surface area contributed by atoms with Crippen molar-refractivity contribution in [1.29, 1.82) is 0 Å². The SMILES string of the molecule is CC(=O)Nc1ccc(C2CN(C(=O)OCC3c4ccccc4-c4ccccc43)CC2C(=O)O)cc1. The van der Waals surface area contributed by atoms with Crippen molar-refractivity contribution in [3.05, 3.63) is 89.5 Å². The predicted molar refractivity (Wildman–Crippen MR) is 131 cm³/mol. The molecule has 0 bridgehead atoms. The molecule has 1 fully saturated rings.